The number of rotatable bonds is 4. The Morgan fingerprint density at radius 2 is 1.85 bits per heavy atom. The van der Waals surface area contributed by atoms with Gasteiger partial charge in [0.15, 0.2) is 9.84 Å². The minimum atomic E-state index is -3.26. The second-order valence-corrected chi connectivity index (χ2v) is 9.34. The fourth-order valence-electron chi connectivity index (χ4n) is 4.14. The van der Waals surface area contributed by atoms with Crippen LogP contribution in [0.5, 0.6) is 0 Å². The van der Waals surface area contributed by atoms with E-state index >= 15 is 0 Å². The van der Waals surface area contributed by atoms with E-state index in [4.69, 9.17) is 0 Å². The van der Waals surface area contributed by atoms with Gasteiger partial charge in [-0.15, -0.1) is 0 Å². The molecule has 5 nitrogen and oxygen atoms in total. The van der Waals surface area contributed by atoms with Gasteiger partial charge < -0.3 is 9.80 Å². The number of para-hydroxylation sites is 1. The molecule has 4 rings (SSSR count). The summed E-state index contributed by atoms with van der Waals surface area (Å²) < 4.78 is 24.1. The molecule has 1 aromatic heterocycles. The lowest BCUT2D eigenvalue weighted by molar-refractivity contribution is 0.403. The lowest BCUT2D eigenvalue weighted by atomic mass is 9.96. The molecule has 0 aliphatic carbocycles. The molecule has 2 aliphatic rings. The summed E-state index contributed by atoms with van der Waals surface area (Å²) in [6.45, 7) is 3.92. The Labute approximate surface area is 155 Å². The van der Waals surface area contributed by atoms with E-state index in [0.29, 0.717) is 16.6 Å². The third kappa shape index (κ3) is 3.43. The number of aromatic nitrogens is 1. The number of hydrogen-bond donors (Lipinski definition) is 0. The largest absolute Gasteiger partial charge is 0.371 e. The molecule has 0 N–H and O–H groups in total. The highest BCUT2D eigenvalue weighted by atomic mass is 32.2. The minimum absolute atomic E-state index is 0.340. The second kappa shape index (κ2) is 6.91. The molecule has 0 saturated carbocycles. The van der Waals surface area contributed by atoms with E-state index in [9.17, 15) is 8.42 Å². The number of benzene rings is 1. The van der Waals surface area contributed by atoms with E-state index in [2.05, 4.69) is 39.0 Å². The topological polar surface area (TPSA) is 53.5 Å². The summed E-state index contributed by atoms with van der Waals surface area (Å²) in [7, 11) is -3.26. The molecule has 0 spiro atoms. The molecule has 0 bridgehead atoms. The molecule has 6 heteroatoms. The number of pyridine rings is 1. The minimum Gasteiger partial charge on any atom is -0.371 e. The van der Waals surface area contributed by atoms with Gasteiger partial charge in [0.1, 0.15) is 10.7 Å². The molecular formula is C20H25N3O2S. The van der Waals surface area contributed by atoms with Crippen molar-refractivity contribution in [3.05, 3.63) is 48.2 Å². The summed E-state index contributed by atoms with van der Waals surface area (Å²) in [6, 6.07) is 12.0. The highest BCUT2D eigenvalue weighted by molar-refractivity contribution is 7.90. The van der Waals surface area contributed by atoms with Crippen LogP contribution in [0, 0.1) is 5.92 Å². The Morgan fingerprint density at radius 3 is 2.62 bits per heavy atom. The molecule has 1 saturated heterocycles. The van der Waals surface area contributed by atoms with Crippen molar-refractivity contribution >= 4 is 21.3 Å². The van der Waals surface area contributed by atoms with Crippen molar-refractivity contribution in [2.24, 2.45) is 5.92 Å². The molecule has 2 aromatic rings. The highest BCUT2D eigenvalue weighted by Crippen LogP contribution is 2.31. The van der Waals surface area contributed by atoms with Crippen LogP contribution in [0.15, 0.2) is 47.5 Å². The standard InChI is InChI=1S/C20H25N3O2S/c1-26(24,25)19-7-4-11-21-20(19)22-12-8-16(9-13-22)15-23-14-10-17-5-2-3-6-18(17)23/h2-7,11,16H,8-10,12-15H2,1H3. The Kier molecular flexibility index (Phi) is 4.61. The van der Waals surface area contributed by atoms with Crippen LogP contribution in [0.1, 0.15) is 18.4 Å². The number of anilines is 2. The third-order valence-electron chi connectivity index (χ3n) is 5.53. The Bertz CT molecular complexity index is 889. The van der Waals surface area contributed by atoms with E-state index in [1.54, 1.807) is 18.3 Å². The molecule has 0 unspecified atom stereocenters. The second-order valence-electron chi connectivity index (χ2n) is 7.35. The molecular weight excluding hydrogens is 346 g/mol. The van der Waals surface area contributed by atoms with Crippen LogP contribution in [0.3, 0.4) is 0 Å². The van der Waals surface area contributed by atoms with E-state index in [-0.39, 0.29) is 0 Å². The van der Waals surface area contributed by atoms with Crippen molar-refractivity contribution in [1.29, 1.82) is 0 Å². The predicted octanol–water partition coefficient (Wildman–Crippen LogP) is 2.76. The summed E-state index contributed by atoms with van der Waals surface area (Å²) in [4.78, 5) is 9.35. The molecule has 26 heavy (non-hydrogen) atoms. The van der Waals surface area contributed by atoms with Crippen molar-refractivity contribution in [1.82, 2.24) is 4.98 Å². The van der Waals surface area contributed by atoms with Crippen LogP contribution in [0.2, 0.25) is 0 Å². The monoisotopic (exact) mass is 371 g/mol. The smallest absolute Gasteiger partial charge is 0.179 e. The van der Waals surface area contributed by atoms with Gasteiger partial charge in [-0.05, 0) is 48.9 Å². The van der Waals surface area contributed by atoms with E-state index in [1.807, 2.05) is 0 Å². The van der Waals surface area contributed by atoms with Gasteiger partial charge in [-0.3, -0.25) is 0 Å². The van der Waals surface area contributed by atoms with Crippen molar-refractivity contribution < 1.29 is 8.42 Å². The summed E-state index contributed by atoms with van der Waals surface area (Å²) >= 11 is 0. The van der Waals surface area contributed by atoms with Crippen LogP contribution >= 0.6 is 0 Å². The van der Waals surface area contributed by atoms with Crippen molar-refractivity contribution in [2.75, 3.05) is 42.2 Å². The first-order valence-electron chi connectivity index (χ1n) is 9.25. The van der Waals surface area contributed by atoms with Gasteiger partial charge in [0.2, 0.25) is 0 Å². The zero-order chi connectivity index (χ0) is 18.1. The fraction of sp³-hybridized carbons (Fsp3) is 0.450. The molecule has 3 heterocycles. The summed E-state index contributed by atoms with van der Waals surface area (Å²) in [5, 5.41) is 0. The quantitative estimate of drug-likeness (QED) is 0.827. The Morgan fingerprint density at radius 1 is 1.08 bits per heavy atom. The van der Waals surface area contributed by atoms with Gasteiger partial charge in [0.05, 0.1) is 0 Å². The number of nitrogens with zero attached hydrogens (tertiary/aromatic N) is 3. The van der Waals surface area contributed by atoms with Crippen molar-refractivity contribution in [3.8, 4) is 0 Å². The Hall–Kier alpha value is -2.08. The van der Waals surface area contributed by atoms with Crippen LogP contribution < -0.4 is 9.80 Å². The van der Waals surface area contributed by atoms with Gasteiger partial charge in [-0.25, -0.2) is 13.4 Å². The summed E-state index contributed by atoms with van der Waals surface area (Å²) in [6.07, 6.45) is 6.21. The number of fused-ring (bicyclic) bond motifs is 1. The first kappa shape index (κ1) is 17.3. The van der Waals surface area contributed by atoms with Crippen LogP contribution in [0.4, 0.5) is 11.5 Å². The van der Waals surface area contributed by atoms with Gasteiger partial charge in [0.25, 0.3) is 0 Å². The average Bonchev–Trinajstić information content (AvgIpc) is 3.05. The van der Waals surface area contributed by atoms with Gasteiger partial charge in [-0.1, -0.05) is 18.2 Å². The maximum atomic E-state index is 12.0. The summed E-state index contributed by atoms with van der Waals surface area (Å²) in [5.41, 5.74) is 2.84. The number of hydrogen-bond acceptors (Lipinski definition) is 5. The van der Waals surface area contributed by atoms with E-state index in [0.717, 1.165) is 45.4 Å². The lowest BCUT2D eigenvalue weighted by Gasteiger charge is -2.35. The van der Waals surface area contributed by atoms with E-state index < -0.39 is 9.84 Å². The molecule has 1 fully saturated rings. The zero-order valence-corrected chi connectivity index (χ0v) is 16.0. The van der Waals surface area contributed by atoms with Crippen LogP contribution in [-0.4, -0.2) is 45.8 Å². The van der Waals surface area contributed by atoms with Crippen LogP contribution in [-0.2, 0) is 16.3 Å². The Balaban J connectivity index is 1.41. The first-order chi connectivity index (χ1) is 12.5. The highest BCUT2D eigenvalue weighted by Gasteiger charge is 2.27. The van der Waals surface area contributed by atoms with Crippen molar-refractivity contribution in [2.45, 2.75) is 24.2 Å². The molecule has 0 radical (unpaired) electrons. The molecule has 0 atom stereocenters. The molecule has 1 aromatic carbocycles. The molecule has 2 aliphatic heterocycles. The fourth-order valence-corrected chi connectivity index (χ4v) is 4.98. The predicted molar refractivity (Wildman–Crippen MR) is 105 cm³/mol. The SMILES string of the molecule is CS(=O)(=O)c1cccnc1N1CCC(CN2CCc3ccccc32)CC1. The summed E-state index contributed by atoms with van der Waals surface area (Å²) in [5.74, 6) is 1.25. The zero-order valence-electron chi connectivity index (χ0n) is 15.1. The van der Waals surface area contributed by atoms with E-state index in [1.165, 1.54) is 17.5 Å². The maximum absolute atomic E-state index is 12.0. The first-order valence-corrected chi connectivity index (χ1v) is 11.1. The van der Waals surface area contributed by atoms with Gasteiger partial charge >= 0.3 is 0 Å². The normalized spacial score (nSPS) is 18.2. The van der Waals surface area contributed by atoms with Crippen molar-refractivity contribution in [3.63, 3.8) is 0 Å². The number of piperidine rings is 1. The van der Waals surface area contributed by atoms with Gasteiger partial charge in [-0.2, -0.15) is 0 Å². The average molecular weight is 372 g/mol. The van der Waals surface area contributed by atoms with Crippen LogP contribution in [0.25, 0.3) is 0 Å². The molecule has 0 amide bonds. The van der Waals surface area contributed by atoms with Gasteiger partial charge in [0, 0.05) is 44.3 Å². The third-order valence-corrected chi connectivity index (χ3v) is 6.64. The molecule has 138 valence electrons. The maximum Gasteiger partial charge on any atom is 0.179 e. The lowest BCUT2D eigenvalue weighted by Crippen LogP contribution is -2.39. The number of sulfone groups is 1.